The topological polar surface area (TPSA) is 96.0 Å². The molecule has 0 saturated carbocycles. The summed E-state index contributed by atoms with van der Waals surface area (Å²) < 4.78 is 16.4. The summed E-state index contributed by atoms with van der Waals surface area (Å²) >= 11 is 1.54. The van der Waals surface area contributed by atoms with E-state index in [1.165, 1.54) is 18.7 Å². The van der Waals surface area contributed by atoms with Crippen molar-refractivity contribution < 1.29 is 33.4 Å². The molecule has 172 valence electrons. The van der Waals surface area contributed by atoms with Crippen LogP contribution in [-0.4, -0.2) is 47.6 Å². The number of allylic oxidation sites excluding steroid dienone is 1. The molecule has 0 aromatic heterocycles. The fraction of sp³-hybridized carbons (Fsp3) is 0.727. The summed E-state index contributed by atoms with van der Waals surface area (Å²) in [5, 5.41) is 0. The zero-order valence-corrected chi connectivity index (χ0v) is 20.1. The van der Waals surface area contributed by atoms with Crippen molar-refractivity contribution in [2.24, 2.45) is 5.92 Å². The first-order chi connectivity index (χ1) is 14.1. The maximum atomic E-state index is 12.6. The molecule has 0 bridgehead atoms. The number of esters is 3. The molecular formula is C22H36O7S. The molecule has 0 radical (unpaired) electrons. The Kier molecular flexibility index (Phi) is 12.6. The highest BCUT2D eigenvalue weighted by molar-refractivity contribution is 7.98. The molecule has 2 unspecified atom stereocenters. The van der Waals surface area contributed by atoms with E-state index in [0.29, 0.717) is 30.5 Å². The molecule has 0 aliphatic heterocycles. The minimum atomic E-state index is -1.68. The maximum Gasteiger partial charge on any atom is 0.334 e. The van der Waals surface area contributed by atoms with E-state index in [-0.39, 0.29) is 18.8 Å². The van der Waals surface area contributed by atoms with E-state index in [9.17, 15) is 19.2 Å². The van der Waals surface area contributed by atoms with E-state index in [2.05, 4.69) is 0 Å². The van der Waals surface area contributed by atoms with E-state index in [0.717, 1.165) is 0 Å². The number of carbonyl (C=O) groups is 4. The van der Waals surface area contributed by atoms with Gasteiger partial charge < -0.3 is 14.2 Å². The maximum absolute atomic E-state index is 12.6. The Morgan fingerprint density at radius 3 is 2.03 bits per heavy atom. The van der Waals surface area contributed by atoms with Gasteiger partial charge in [0.2, 0.25) is 0 Å². The van der Waals surface area contributed by atoms with Crippen molar-refractivity contribution in [2.75, 3.05) is 12.0 Å². The average Bonchev–Trinajstić information content (AvgIpc) is 2.71. The predicted molar refractivity (Wildman–Crippen MR) is 117 cm³/mol. The van der Waals surface area contributed by atoms with Gasteiger partial charge in [0.1, 0.15) is 0 Å². The molecule has 0 rings (SSSR count). The molecule has 7 nitrogen and oxygen atoms in total. The Hall–Kier alpha value is -1.83. The van der Waals surface area contributed by atoms with Crippen molar-refractivity contribution in [2.45, 2.75) is 85.0 Å². The minimum Gasteiger partial charge on any atom is -0.448 e. The van der Waals surface area contributed by atoms with Gasteiger partial charge in [-0.1, -0.05) is 33.8 Å². The number of hydrogen-bond donors (Lipinski definition) is 0. The lowest BCUT2D eigenvalue weighted by atomic mass is 10.0. The molecule has 0 spiro atoms. The van der Waals surface area contributed by atoms with Gasteiger partial charge in [0.15, 0.2) is 11.9 Å². The largest absolute Gasteiger partial charge is 0.448 e. The van der Waals surface area contributed by atoms with Crippen LogP contribution in [0.25, 0.3) is 0 Å². The summed E-state index contributed by atoms with van der Waals surface area (Å²) in [6.45, 7) is 10.2. The number of thioether (sulfide) groups is 1. The van der Waals surface area contributed by atoms with E-state index in [1.54, 1.807) is 33.8 Å². The summed E-state index contributed by atoms with van der Waals surface area (Å²) in [5.41, 5.74) is -1.28. The van der Waals surface area contributed by atoms with Gasteiger partial charge in [-0.2, -0.15) is 11.8 Å². The Balaban J connectivity index is 5.35. The van der Waals surface area contributed by atoms with Crippen LogP contribution in [0.2, 0.25) is 0 Å². The van der Waals surface area contributed by atoms with Crippen LogP contribution < -0.4 is 0 Å². The number of hydrogen-bond acceptors (Lipinski definition) is 8. The van der Waals surface area contributed by atoms with Gasteiger partial charge in [0, 0.05) is 24.2 Å². The number of carbonyl (C=O) groups excluding carboxylic acids is 4. The van der Waals surface area contributed by atoms with Crippen molar-refractivity contribution in [3.05, 3.63) is 11.6 Å². The molecule has 0 saturated heterocycles. The molecule has 8 heteroatoms. The van der Waals surface area contributed by atoms with E-state index in [4.69, 9.17) is 14.2 Å². The Bertz CT molecular complexity index is 625. The van der Waals surface area contributed by atoms with Crippen LogP contribution in [0.1, 0.15) is 73.6 Å². The summed E-state index contributed by atoms with van der Waals surface area (Å²) in [7, 11) is 0. The molecule has 0 amide bonds. The van der Waals surface area contributed by atoms with Crippen molar-refractivity contribution in [3.63, 3.8) is 0 Å². The van der Waals surface area contributed by atoms with Crippen molar-refractivity contribution >= 4 is 36.0 Å². The average molecular weight is 445 g/mol. The minimum absolute atomic E-state index is 0.257. The van der Waals surface area contributed by atoms with Crippen LogP contribution in [0.4, 0.5) is 0 Å². The Morgan fingerprint density at radius 2 is 1.63 bits per heavy atom. The highest BCUT2D eigenvalue weighted by atomic mass is 32.2. The third-order valence-electron chi connectivity index (χ3n) is 4.92. The van der Waals surface area contributed by atoms with Crippen LogP contribution >= 0.6 is 11.8 Å². The first kappa shape index (κ1) is 28.2. The van der Waals surface area contributed by atoms with Crippen LogP contribution in [0, 0.1) is 5.92 Å². The van der Waals surface area contributed by atoms with Gasteiger partial charge in [0.05, 0.1) is 12.3 Å². The van der Waals surface area contributed by atoms with E-state index >= 15 is 0 Å². The summed E-state index contributed by atoms with van der Waals surface area (Å²) in [4.78, 5) is 48.9. The third kappa shape index (κ3) is 8.50. The van der Waals surface area contributed by atoms with Gasteiger partial charge in [-0.3, -0.25) is 14.4 Å². The van der Waals surface area contributed by atoms with Gasteiger partial charge in [-0.05, 0) is 32.9 Å². The second-order valence-corrected chi connectivity index (χ2v) is 8.15. The lowest BCUT2D eigenvalue weighted by molar-refractivity contribution is -0.235. The highest BCUT2D eigenvalue weighted by Crippen LogP contribution is 2.28. The molecule has 0 aliphatic carbocycles. The molecule has 0 aromatic carbocycles. The normalized spacial score (nSPS) is 15.0. The molecule has 30 heavy (non-hydrogen) atoms. The van der Waals surface area contributed by atoms with E-state index < -0.39 is 35.7 Å². The standard InChI is InChI=1S/C22H36O7S/c1-8-16(9-2)19(25)28-21(6,15-23)13-18(24)27-22(11-4,12-5)29-20(26)17(10-3)14-30-7/h8,15,17H,9-14H2,1-7H3/b16-8+. The zero-order chi connectivity index (χ0) is 23.4. The highest BCUT2D eigenvalue weighted by Gasteiger charge is 2.40. The second-order valence-electron chi connectivity index (χ2n) is 7.24. The SMILES string of the molecule is C/C=C(\CC)C(=O)OC(C)(C=O)CC(=O)OC(CC)(CC)OC(=O)C(CC)CSC. The summed E-state index contributed by atoms with van der Waals surface area (Å²) in [6, 6.07) is 0. The third-order valence-corrected chi connectivity index (χ3v) is 5.66. The smallest absolute Gasteiger partial charge is 0.334 e. The Morgan fingerprint density at radius 1 is 1.03 bits per heavy atom. The molecule has 0 aliphatic rings. The van der Waals surface area contributed by atoms with Gasteiger partial charge in [-0.25, -0.2) is 4.79 Å². The lowest BCUT2D eigenvalue weighted by Gasteiger charge is -2.33. The van der Waals surface area contributed by atoms with Crippen molar-refractivity contribution in [1.82, 2.24) is 0 Å². The molecule has 0 heterocycles. The quantitative estimate of drug-likeness (QED) is 0.170. The zero-order valence-electron chi connectivity index (χ0n) is 19.2. The predicted octanol–water partition coefficient (Wildman–Crippen LogP) is 4.23. The molecule has 2 atom stereocenters. The first-order valence-electron chi connectivity index (χ1n) is 10.4. The van der Waals surface area contributed by atoms with Crippen LogP contribution in [0.5, 0.6) is 0 Å². The van der Waals surface area contributed by atoms with E-state index in [1.807, 2.05) is 13.2 Å². The molecular weight excluding hydrogens is 408 g/mol. The van der Waals surface area contributed by atoms with Crippen LogP contribution in [-0.2, 0) is 33.4 Å². The van der Waals surface area contributed by atoms with Crippen LogP contribution in [0.3, 0.4) is 0 Å². The molecule has 0 aromatic rings. The monoisotopic (exact) mass is 444 g/mol. The number of ether oxygens (including phenoxy) is 3. The Labute approximate surface area is 184 Å². The summed E-state index contributed by atoms with van der Waals surface area (Å²) in [6.07, 6.45) is 5.00. The number of rotatable bonds is 14. The molecule has 0 fully saturated rings. The van der Waals surface area contributed by atoms with Gasteiger partial charge in [-0.15, -0.1) is 0 Å². The summed E-state index contributed by atoms with van der Waals surface area (Å²) in [5.74, 6) is -2.99. The fourth-order valence-corrected chi connectivity index (χ4v) is 3.53. The molecule has 0 N–H and O–H groups in total. The fourth-order valence-electron chi connectivity index (χ4n) is 2.76. The lowest BCUT2D eigenvalue weighted by Crippen LogP contribution is -2.44. The van der Waals surface area contributed by atoms with Crippen LogP contribution in [0.15, 0.2) is 11.6 Å². The van der Waals surface area contributed by atoms with Crippen molar-refractivity contribution in [1.29, 1.82) is 0 Å². The van der Waals surface area contributed by atoms with Gasteiger partial charge in [0.25, 0.3) is 5.79 Å². The van der Waals surface area contributed by atoms with Crippen molar-refractivity contribution in [3.8, 4) is 0 Å². The van der Waals surface area contributed by atoms with Gasteiger partial charge >= 0.3 is 17.9 Å². The second kappa shape index (κ2) is 13.5. The first-order valence-corrected chi connectivity index (χ1v) is 11.8. The number of aldehydes is 1.